The van der Waals surface area contributed by atoms with Crippen molar-refractivity contribution in [3.05, 3.63) is 0 Å². The molecule has 3 nitrogen and oxygen atoms in total. The summed E-state index contributed by atoms with van der Waals surface area (Å²) in [5.74, 6) is 0.261. The maximum absolute atomic E-state index is 9.51. The predicted molar refractivity (Wildman–Crippen MR) is 48.0 cm³/mol. The topological polar surface area (TPSA) is 49.7 Å². The van der Waals surface area contributed by atoms with Crippen molar-refractivity contribution in [1.82, 2.24) is 0 Å². The number of aliphatic hydroxyl groups is 2. The molecule has 0 radical (unpaired) electrons. The third-order valence-electron chi connectivity index (χ3n) is 2.09. The molecule has 3 heteroatoms. The van der Waals surface area contributed by atoms with Crippen molar-refractivity contribution in [3.63, 3.8) is 0 Å². The maximum atomic E-state index is 9.51. The summed E-state index contributed by atoms with van der Waals surface area (Å²) in [6.45, 7) is 2.85. The zero-order chi connectivity index (χ0) is 9.40. The Labute approximate surface area is 74.4 Å². The minimum atomic E-state index is -0.299. The molecular formula is C9H20O3. The lowest BCUT2D eigenvalue weighted by molar-refractivity contribution is 0.0758. The lowest BCUT2D eigenvalue weighted by Crippen LogP contribution is -2.19. The second-order valence-electron chi connectivity index (χ2n) is 3.19. The molecule has 0 rings (SSSR count). The zero-order valence-electron chi connectivity index (χ0n) is 7.99. The average Bonchev–Trinajstić information content (AvgIpc) is 2.10. The molecule has 0 aromatic carbocycles. The van der Waals surface area contributed by atoms with E-state index in [9.17, 15) is 5.11 Å². The van der Waals surface area contributed by atoms with Gasteiger partial charge in [0.2, 0.25) is 0 Å². The second-order valence-corrected chi connectivity index (χ2v) is 3.19. The van der Waals surface area contributed by atoms with E-state index in [4.69, 9.17) is 9.84 Å². The quantitative estimate of drug-likeness (QED) is 0.603. The Morgan fingerprint density at radius 1 is 1.33 bits per heavy atom. The molecule has 0 amide bonds. The van der Waals surface area contributed by atoms with Gasteiger partial charge in [-0.3, -0.25) is 0 Å². The summed E-state index contributed by atoms with van der Waals surface area (Å²) in [6, 6.07) is 0. The summed E-state index contributed by atoms with van der Waals surface area (Å²) in [6.07, 6.45) is 1.94. The number of hydrogen-bond acceptors (Lipinski definition) is 3. The molecule has 0 aliphatic carbocycles. The van der Waals surface area contributed by atoms with E-state index in [0.717, 1.165) is 6.42 Å². The monoisotopic (exact) mass is 176 g/mol. The average molecular weight is 176 g/mol. The van der Waals surface area contributed by atoms with Gasteiger partial charge >= 0.3 is 0 Å². The van der Waals surface area contributed by atoms with Crippen LogP contribution in [0.5, 0.6) is 0 Å². The number of aliphatic hydroxyl groups excluding tert-OH is 2. The van der Waals surface area contributed by atoms with Crippen LogP contribution in [-0.2, 0) is 4.74 Å². The number of ether oxygens (including phenoxy) is 1. The van der Waals surface area contributed by atoms with Gasteiger partial charge in [-0.15, -0.1) is 0 Å². The van der Waals surface area contributed by atoms with Crippen molar-refractivity contribution in [2.24, 2.45) is 5.92 Å². The van der Waals surface area contributed by atoms with Crippen molar-refractivity contribution in [2.75, 3.05) is 20.3 Å². The molecule has 0 heterocycles. The summed E-state index contributed by atoms with van der Waals surface area (Å²) in [5, 5.41) is 18.0. The van der Waals surface area contributed by atoms with Gasteiger partial charge in [0.05, 0.1) is 6.10 Å². The fourth-order valence-corrected chi connectivity index (χ4v) is 1.08. The highest BCUT2D eigenvalue weighted by Crippen LogP contribution is 2.12. The molecule has 74 valence electrons. The van der Waals surface area contributed by atoms with Crippen LogP contribution in [0.3, 0.4) is 0 Å². The molecule has 0 aromatic heterocycles. The van der Waals surface area contributed by atoms with Crippen LogP contribution in [0.25, 0.3) is 0 Å². The highest BCUT2D eigenvalue weighted by atomic mass is 16.5. The molecule has 0 bridgehead atoms. The van der Waals surface area contributed by atoms with Gasteiger partial charge in [0.25, 0.3) is 0 Å². The van der Waals surface area contributed by atoms with Gasteiger partial charge < -0.3 is 14.9 Å². The zero-order valence-corrected chi connectivity index (χ0v) is 7.99. The fourth-order valence-electron chi connectivity index (χ4n) is 1.08. The summed E-state index contributed by atoms with van der Waals surface area (Å²) in [5.41, 5.74) is 0. The van der Waals surface area contributed by atoms with Gasteiger partial charge in [0.15, 0.2) is 0 Å². The van der Waals surface area contributed by atoms with Crippen LogP contribution in [0.15, 0.2) is 0 Å². The van der Waals surface area contributed by atoms with E-state index in [1.54, 1.807) is 7.11 Å². The predicted octanol–water partition coefficient (Wildman–Crippen LogP) is 0.792. The Morgan fingerprint density at radius 2 is 2.00 bits per heavy atom. The van der Waals surface area contributed by atoms with Gasteiger partial charge in [-0.25, -0.2) is 0 Å². The Bertz CT molecular complexity index is 83.8. The first-order chi connectivity index (χ1) is 5.72. The molecule has 2 atom stereocenters. The number of hydrogen-bond donors (Lipinski definition) is 2. The van der Waals surface area contributed by atoms with Crippen LogP contribution >= 0.6 is 0 Å². The summed E-state index contributed by atoms with van der Waals surface area (Å²) in [4.78, 5) is 0. The van der Waals surface area contributed by atoms with Crippen molar-refractivity contribution >= 4 is 0 Å². The van der Waals surface area contributed by atoms with E-state index >= 15 is 0 Å². The molecule has 0 fully saturated rings. The lowest BCUT2D eigenvalue weighted by Gasteiger charge is -2.17. The third kappa shape index (κ3) is 5.52. The third-order valence-corrected chi connectivity index (χ3v) is 2.09. The first-order valence-electron chi connectivity index (χ1n) is 4.50. The van der Waals surface area contributed by atoms with Crippen molar-refractivity contribution in [1.29, 1.82) is 0 Å². The van der Waals surface area contributed by atoms with Gasteiger partial charge in [-0.05, 0) is 25.2 Å². The van der Waals surface area contributed by atoms with Gasteiger partial charge in [0.1, 0.15) is 0 Å². The molecule has 0 saturated carbocycles. The Hall–Kier alpha value is -0.120. The first kappa shape index (κ1) is 11.9. The minimum Gasteiger partial charge on any atom is -0.396 e. The van der Waals surface area contributed by atoms with Crippen LogP contribution in [0.4, 0.5) is 0 Å². The number of methoxy groups -OCH3 is 1. The van der Waals surface area contributed by atoms with E-state index in [-0.39, 0.29) is 18.6 Å². The van der Waals surface area contributed by atoms with Crippen molar-refractivity contribution in [3.8, 4) is 0 Å². The van der Waals surface area contributed by atoms with E-state index in [1.165, 1.54) is 0 Å². The van der Waals surface area contributed by atoms with Crippen LogP contribution in [0.1, 0.15) is 26.2 Å². The molecule has 0 aliphatic rings. The normalized spacial score (nSPS) is 16.0. The Morgan fingerprint density at radius 3 is 2.50 bits per heavy atom. The maximum Gasteiger partial charge on any atom is 0.0567 e. The van der Waals surface area contributed by atoms with E-state index in [2.05, 4.69) is 0 Å². The van der Waals surface area contributed by atoms with Crippen LogP contribution in [0.2, 0.25) is 0 Å². The highest BCUT2D eigenvalue weighted by Gasteiger charge is 2.12. The largest absolute Gasteiger partial charge is 0.396 e. The lowest BCUT2D eigenvalue weighted by atomic mass is 9.98. The number of rotatable bonds is 7. The van der Waals surface area contributed by atoms with Gasteiger partial charge in [-0.1, -0.05) is 6.92 Å². The second kappa shape index (κ2) is 7.53. The smallest absolute Gasteiger partial charge is 0.0567 e. The van der Waals surface area contributed by atoms with Crippen molar-refractivity contribution < 1.29 is 14.9 Å². The van der Waals surface area contributed by atoms with Crippen LogP contribution < -0.4 is 0 Å². The first-order valence-corrected chi connectivity index (χ1v) is 4.50. The molecule has 0 aliphatic heterocycles. The molecule has 0 spiro atoms. The van der Waals surface area contributed by atoms with Crippen LogP contribution in [-0.4, -0.2) is 36.6 Å². The minimum absolute atomic E-state index is 0.161. The van der Waals surface area contributed by atoms with E-state index in [1.807, 2.05) is 6.92 Å². The van der Waals surface area contributed by atoms with E-state index < -0.39 is 0 Å². The summed E-state index contributed by atoms with van der Waals surface area (Å²) in [7, 11) is 1.66. The molecule has 12 heavy (non-hydrogen) atoms. The summed E-state index contributed by atoms with van der Waals surface area (Å²) >= 11 is 0. The highest BCUT2D eigenvalue weighted by molar-refractivity contribution is 4.63. The molecule has 2 unspecified atom stereocenters. The fraction of sp³-hybridized carbons (Fsp3) is 1.00. The molecular weight excluding hydrogens is 156 g/mol. The van der Waals surface area contributed by atoms with Gasteiger partial charge in [0, 0.05) is 20.3 Å². The molecule has 2 N–H and O–H groups in total. The van der Waals surface area contributed by atoms with Gasteiger partial charge in [-0.2, -0.15) is 0 Å². The van der Waals surface area contributed by atoms with E-state index in [0.29, 0.717) is 19.4 Å². The molecule has 0 saturated heterocycles. The Kier molecular flexibility index (Phi) is 7.45. The molecule has 0 aromatic rings. The Balaban J connectivity index is 3.39. The summed E-state index contributed by atoms with van der Waals surface area (Å²) < 4.78 is 4.91. The van der Waals surface area contributed by atoms with Crippen molar-refractivity contribution in [2.45, 2.75) is 32.3 Å². The standard InChI is InChI=1S/C9H20O3/c1-8(5-7-12-2)9(11)4-3-6-10/h8-11H,3-7H2,1-2H3. The SMILES string of the molecule is COCCC(C)C(O)CCCO. The van der Waals surface area contributed by atoms with Crippen LogP contribution in [0, 0.1) is 5.92 Å².